The van der Waals surface area contributed by atoms with Gasteiger partial charge in [0.15, 0.2) is 0 Å². The van der Waals surface area contributed by atoms with Gasteiger partial charge in [0, 0.05) is 44.2 Å². The van der Waals surface area contributed by atoms with Crippen molar-refractivity contribution in [2.75, 3.05) is 19.6 Å². The van der Waals surface area contributed by atoms with Crippen molar-refractivity contribution < 1.29 is 9.59 Å². The lowest BCUT2D eigenvalue weighted by atomic mass is 10.1. The third-order valence-electron chi connectivity index (χ3n) is 5.02. The Morgan fingerprint density at radius 3 is 2.76 bits per heavy atom. The standard InChI is InChI=1S/C21H23N5O2S/c27-20(22-9-4-7-16-5-2-1-3-6-16)17-13-26-12-11-25(10-8-19(26)24-17)21(28)18-14-29-15-23-18/h1-3,5-6,13-15H,4,7-12H2,(H,22,27). The molecule has 3 aromatic rings. The van der Waals surface area contributed by atoms with E-state index in [9.17, 15) is 9.59 Å². The zero-order chi connectivity index (χ0) is 20.1. The number of carbonyl (C=O) groups is 2. The summed E-state index contributed by atoms with van der Waals surface area (Å²) in [4.78, 5) is 35.3. The van der Waals surface area contributed by atoms with Crippen LogP contribution in [0.3, 0.4) is 0 Å². The molecule has 2 aromatic heterocycles. The number of imidazole rings is 1. The molecule has 1 aliphatic rings. The maximum atomic E-state index is 12.5. The van der Waals surface area contributed by atoms with E-state index < -0.39 is 0 Å². The van der Waals surface area contributed by atoms with Gasteiger partial charge >= 0.3 is 0 Å². The Labute approximate surface area is 173 Å². The molecule has 0 fully saturated rings. The summed E-state index contributed by atoms with van der Waals surface area (Å²) >= 11 is 1.42. The van der Waals surface area contributed by atoms with Gasteiger partial charge in [-0.05, 0) is 18.4 Å². The number of hydrogen-bond acceptors (Lipinski definition) is 5. The highest BCUT2D eigenvalue weighted by atomic mass is 32.1. The first-order valence-corrected chi connectivity index (χ1v) is 10.7. The molecule has 0 saturated heterocycles. The molecule has 1 aromatic carbocycles. The summed E-state index contributed by atoms with van der Waals surface area (Å²) < 4.78 is 1.98. The minimum absolute atomic E-state index is 0.0478. The Hall–Kier alpha value is -3.00. The molecule has 8 heteroatoms. The first-order chi connectivity index (χ1) is 14.2. The Kier molecular flexibility index (Phi) is 6.00. The fraction of sp³-hybridized carbons (Fsp3) is 0.333. The van der Waals surface area contributed by atoms with Crippen molar-refractivity contribution in [2.24, 2.45) is 0 Å². The molecule has 0 bridgehead atoms. The summed E-state index contributed by atoms with van der Waals surface area (Å²) in [6.07, 6.45) is 4.23. The molecule has 2 amide bonds. The van der Waals surface area contributed by atoms with Gasteiger partial charge in [-0.1, -0.05) is 30.3 Å². The van der Waals surface area contributed by atoms with Crippen molar-refractivity contribution in [3.05, 3.63) is 70.2 Å². The Morgan fingerprint density at radius 1 is 1.10 bits per heavy atom. The molecule has 150 valence electrons. The average molecular weight is 410 g/mol. The molecule has 0 radical (unpaired) electrons. The van der Waals surface area contributed by atoms with E-state index in [2.05, 4.69) is 27.4 Å². The van der Waals surface area contributed by atoms with E-state index >= 15 is 0 Å². The number of benzene rings is 1. The van der Waals surface area contributed by atoms with Crippen LogP contribution in [0.1, 0.15) is 38.8 Å². The second-order valence-corrected chi connectivity index (χ2v) is 7.72. The van der Waals surface area contributed by atoms with Crippen LogP contribution in [0, 0.1) is 0 Å². The summed E-state index contributed by atoms with van der Waals surface area (Å²) in [7, 11) is 0. The lowest BCUT2D eigenvalue weighted by molar-refractivity contribution is 0.0753. The largest absolute Gasteiger partial charge is 0.351 e. The predicted octanol–water partition coefficient (Wildman–Crippen LogP) is 2.40. The number of nitrogens with one attached hydrogen (secondary N) is 1. The van der Waals surface area contributed by atoms with Gasteiger partial charge in [-0.15, -0.1) is 11.3 Å². The van der Waals surface area contributed by atoms with Crippen LogP contribution < -0.4 is 5.32 Å². The van der Waals surface area contributed by atoms with Crippen molar-refractivity contribution in [3.8, 4) is 0 Å². The molecule has 29 heavy (non-hydrogen) atoms. The number of rotatable bonds is 6. The predicted molar refractivity (Wildman–Crippen MR) is 111 cm³/mol. The van der Waals surface area contributed by atoms with Crippen molar-refractivity contribution in [3.63, 3.8) is 0 Å². The van der Waals surface area contributed by atoms with Gasteiger partial charge in [0.05, 0.1) is 5.51 Å². The highest BCUT2D eigenvalue weighted by molar-refractivity contribution is 7.07. The smallest absolute Gasteiger partial charge is 0.273 e. The van der Waals surface area contributed by atoms with E-state index in [0.29, 0.717) is 44.0 Å². The second kappa shape index (κ2) is 9.00. The second-order valence-electron chi connectivity index (χ2n) is 7.00. The van der Waals surface area contributed by atoms with E-state index in [4.69, 9.17) is 0 Å². The number of amides is 2. The van der Waals surface area contributed by atoms with Crippen LogP contribution in [-0.4, -0.2) is 50.9 Å². The highest BCUT2D eigenvalue weighted by Gasteiger charge is 2.23. The zero-order valence-electron chi connectivity index (χ0n) is 16.1. The molecule has 0 unspecified atom stereocenters. The molecular formula is C21H23N5O2S. The molecule has 0 spiro atoms. The third kappa shape index (κ3) is 4.71. The van der Waals surface area contributed by atoms with Gasteiger partial charge in [-0.2, -0.15) is 0 Å². The van der Waals surface area contributed by atoms with Crippen LogP contribution in [0.15, 0.2) is 47.4 Å². The number of aryl methyl sites for hydroxylation is 1. The van der Waals surface area contributed by atoms with Gasteiger partial charge in [-0.25, -0.2) is 9.97 Å². The fourth-order valence-electron chi connectivity index (χ4n) is 3.44. The number of aromatic nitrogens is 3. The minimum Gasteiger partial charge on any atom is -0.351 e. The maximum absolute atomic E-state index is 12.5. The average Bonchev–Trinajstić information content (AvgIpc) is 3.38. The summed E-state index contributed by atoms with van der Waals surface area (Å²) in [5.41, 5.74) is 3.87. The van der Waals surface area contributed by atoms with Crippen LogP contribution in [0.5, 0.6) is 0 Å². The molecule has 1 N–H and O–H groups in total. The molecule has 3 heterocycles. The topological polar surface area (TPSA) is 80.1 Å². The van der Waals surface area contributed by atoms with E-state index in [1.165, 1.54) is 16.9 Å². The van der Waals surface area contributed by atoms with Gasteiger partial charge < -0.3 is 14.8 Å². The Morgan fingerprint density at radius 2 is 1.97 bits per heavy atom. The molecule has 0 aliphatic carbocycles. The highest BCUT2D eigenvalue weighted by Crippen LogP contribution is 2.13. The van der Waals surface area contributed by atoms with Crippen molar-refractivity contribution in [1.29, 1.82) is 0 Å². The van der Waals surface area contributed by atoms with Crippen LogP contribution in [-0.2, 0) is 19.4 Å². The Bertz CT molecular complexity index is 943. The normalized spacial score (nSPS) is 13.6. The fourth-order valence-corrected chi connectivity index (χ4v) is 3.97. The van der Waals surface area contributed by atoms with Crippen LogP contribution >= 0.6 is 11.3 Å². The first kappa shape index (κ1) is 19.3. The maximum Gasteiger partial charge on any atom is 0.273 e. The summed E-state index contributed by atoms with van der Waals surface area (Å²) in [6.45, 7) is 2.40. The van der Waals surface area contributed by atoms with Crippen molar-refractivity contribution in [2.45, 2.75) is 25.8 Å². The number of nitrogens with zero attached hydrogens (tertiary/aromatic N) is 4. The van der Waals surface area contributed by atoms with Gasteiger partial charge in [0.25, 0.3) is 11.8 Å². The third-order valence-corrected chi connectivity index (χ3v) is 5.60. The summed E-state index contributed by atoms with van der Waals surface area (Å²) in [6, 6.07) is 10.2. The van der Waals surface area contributed by atoms with Crippen molar-refractivity contribution in [1.82, 2.24) is 24.8 Å². The summed E-state index contributed by atoms with van der Waals surface area (Å²) in [5, 5.41) is 4.72. The molecule has 0 saturated carbocycles. The zero-order valence-corrected chi connectivity index (χ0v) is 16.9. The van der Waals surface area contributed by atoms with E-state index in [0.717, 1.165) is 18.7 Å². The molecular weight excluding hydrogens is 386 g/mol. The number of hydrogen-bond donors (Lipinski definition) is 1. The van der Waals surface area contributed by atoms with E-state index in [-0.39, 0.29) is 11.8 Å². The van der Waals surface area contributed by atoms with Gasteiger partial charge in [0.2, 0.25) is 0 Å². The molecule has 4 rings (SSSR count). The SMILES string of the molecule is O=C(NCCCc1ccccc1)c1cn2c(n1)CCN(C(=O)c1cscn1)CC2. The first-order valence-electron chi connectivity index (χ1n) is 9.76. The van der Waals surface area contributed by atoms with Crippen LogP contribution in [0.4, 0.5) is 0 Å². The van der Waals surface area contributed by atoms with E-state index in [1.54, 1.807) is 22.0 Å². The quantitative estimate of drug-likeness (QED) is 0.634. The summed E-state index contributed by atoms with van der Waals surface area (Å²) in [5.74, 6) is 0.649. The van der Waals surface area contributed by atoms with Crippen LogP contribution in [0.25, 0.3) is 0 Å². The lowest BCUT2D eigenvalue weighted by Gasteiger charge is -2.18. The lowest BCUT2D eigenvalue weighted by Crippen LogP contribution is -2.34. The Balaban J connectivity index is 1.28. The number of thiazole rings is 1. The molecule has 1 aliphatic heterocycles. The van der Waals surface area contributed by atoms with Crippen LogP contribution in [0.2, 0.25) is 0 Å². The number of fused-ring (bicyclic) bond motifs is 1. The monoisotopic (exact) mass is 409 g/mol. The van der Waals surface area contributed by atoms with E-state index in [1.807, 2.05) is 22.8 Å². The number of carbonyl (C=O) groups excluding carboxylic acids is 2. The van der Waals surface area contributed by atoms with Gasteiger partial charge in [0.1, 0.15) is 17.2 Å². The van der Waals surface area contributed by atoms with Crippen molar-refractivity contribution >= 4 is 23.2 Å². The molecule has 0 atom stereocenters. The van der Waals surface area contributed by atoms with Gasteiger partial charge in [-0.3, -0.25) is 9.59 Å². The molecule has 7 nitrogen and oxygen atoms in total. The minimum atomic E-state index is -0.144.